The van der Waals surface area contributed by atoms with Gasteiger partial charge in [0.05, 0.1) is 0 Å². The lowest BCUT2D eigenvalue weighted by molar-refractivity contribution is 0.491. The lowest BCUT2D eigenvalue weighted by Gasteiger charge is -2.05. The fourth-order valence-electron chi connectivity index (χ4n) is 1.33. The molecule has 0 aliphatic rings. The topological polar surface area (TPSA) is 12.0 Å². The van der Waals surface area contributed by atoms with E-state index >= 15 is 0 Å². The monoisotopic (exact) mass is 199 g/mol. The molecule has 0 heterocycles. The second-order valence-corrected chi connectivity index (χ2v) is 3.38. The van der Waals surface area contributed by atoms with Gasteiger partial charge in [-0.1, -0.05) is 12.1 Å². The highest BCUT2D eigenvalue weighted by Gasteiger charge is 2.09. The van der Waals surface area contributed by atoms with Gasteiger partial charge in [0.15, 0.2) is 11.6 Å². The number of nitrogens with one attached hydrogen (secondary N) is 1. The molecule has 1 N–H and O–H groups in total. The van der Waals surface area contributed by atoms with Crippen molar-refractivity contribution in [3.63, 3.8) is 0 Å². The first kappa shape index (κ1) is 11.1. The van der Waals surface area contributed by atoms with Crippen LogP contribution in [0.3, 0.4) is 0 Å². The summed E-state index contributed by atoms with van der Waals surface area (Å²) in [5, 5.41) is 2.97. The molecular weight excluding hydrogens is 184 g/mol. The fourth-order valence-corrected chi connectivity index (χ4v) is 1.33. The highest BCUT2D eigenvalue weighted by Crippen LogP contribution is 2.16. The van der Waals surface area contributed by atoms with Gasteiger partial charge >= 0.3 is 0 Å². The Hall–Kier alpha value is -0.960. The number of rotatable bonds is 4. The highest BCUT2D eigenvalue weighted by molar-refractivity contribution is 5.25. The molecule has 3 heteroatoms. The van der Waals surface area contributed by atoms with E-state index in [1.54, 1.807) is 19.1 Å². The summed E-state index contributed by atoms with van der Waals surface area (Å²) in [5.41, 5.74) is 0.822. The molecule has 0 saturated carbocycles. The summed E-state index contributed by atoms with van der Waals surface area (Å²) in [6.07, 6.45) is 1.39. The van der Waals surface area contributed by atoms with Gasteiger partial charge in [-0.15, -0.1) is 0 Å². The van der Waals surface area contributed by atoms with Crippen molar-refractivity contribution in [1.29, 1.82) is 0 Å². The summed E-state index contributed by atoms with van der Waals surface area (Å²) in [5.74, 6) is -1.41. The maximum atomic E-state index is 13.3. The van der Waals surface area contributed by atoms with E-state index in [0.717, 1.165) is 13.0 Å². The van der Waals surface area contributed by atoms with Gasteiger partial charge in [0.25, 0.3) is 0 Å². The molecule has 0 spiro atoms. The highest BCUT2D eigenvalue weighted by atomic mass is 19.2. The lowest BCUT2D eigenvalue weighted by Crippen LogP contribution is -2.09. The van der Waals surface area contributed by atoms with Crippen molar-refractivity contribution in [3.8, 4) is 0 Å². The van der Waals surface area contributed by atoms with E-state index in [9.17, 15) is 8.78 Å². The van der Waals surface area contributed by atoms with Crippen LogP contribution in [0.25, 0.3) is 0 Å². The van der Waals surface area contributed by atoms with Gasteiger partial charge in [-0.25, -0.2) is 8.78 Å². The molecule has 0 aliphatic carbocycles. The molecular formula is C11H15F2N. The molecule has 0 fully saturated rings. The Kier molecular flexibility index (Phi) is 4.01. The van der Waals surface area contributed by atoms with Crippen LogP contribution in [0.2, 0.25) is 0 Å². The molecule has 1 aromatic rings. The number of hydrogen-bond acceptors (Lipinski definition) is 1. The molecule has 1 aromatic carbocycles. The summed E-state index contributed by atoms with van der Waals surface area (Å²) in [4.78, 5) is 0. The van der Waals surface area contributed by atoms with E-state index in [4.69, 9.17) is 0 Å². The van der Waals surface area contributed by atoms with E-state index in [2.05, 4.69) is 5.32 Å². The van der Waals surface area contributed by atoms with Crippen molar-refractivity contribution < 1.29 is 8.78 Å². The summed E-state index contributed by atoms with van der Waals surface area (Å²) in [6, 6.07) is 3.27. The van der Waals surface area contributed by atoms with Crippen LogP contribution in [-0.4, -0.2) is 13.6 Å². The van der Waals surface area contributed by atoms with Crippen LogP contribution in [0.5, 0.6) is 0 Å². The molecule has 14 heavy (non-hydrogen) atoms. The summed E-state index contributed by atoms with van der Waals surface area (Å²) >= 11 is 0. The van der Waals surface area contributed by atoms with Gasteiger partial charge in [-0.05, 0) is 44.5 Å². The standard InChI is InChI=1S/C11H15F2N/c1-8-5-6-9(4-3-7-14-2)11(13)10(8)12/h5-6,14H,3-4,7H2,1-2H3. The van der Waals surface area contributed by atoms with E-state index in [-0.39, 0.29) is 0 Å². The Morgan fingerprint density at radius 2 is 1.93 bits per heavy atom. The van der Waals surface area contributed by atoms with Gasteiger partial charge in [0.2, 0.25) is 0 Å². The minimum atomic E-state index is -0.716. The predicted octanol–water partition coefficient (Wildman–Crippen LogP) is 2.43. The van der Waals surface area contributed by atoms with Gasteiger partial charge in [0.1, 0.15) is 0 Å². The maximum Gasteiger partial charge on any atom is 0.162 e. The summed E-state index contributed by atoms with van der Waals surface area (Å²) in [7, 11) is 1.84. The van der Waals surface area contributed by atoms with E-state index in [1.807, 2.05) is 7.05 Å². The minimum Gasteiger partial charge on any atom is -0.320 e. The maximum absolute atomic E-state index is 13.3. The zero-order chi connectivity index (χ0) is 10.6. The zero-order valence-electron chi connectivity index (χ0n) is 8.53. The summed E-state index contributed by atoms with van der Waals surface area (Å²) < 4.78 is 26.4. The average molecular weight is 199 g/mol. The third kappa shape index (κ3) is 2.51. The Balaban J connectivity index is 2.73. The smallest absolute Gasteiger partial charge is 0.162 e. The van der Waals surface area contributed by atoms with Crippen LogP contribution in [0, 0.1) is 18.6 Å². The van der Waals surface area contributed by atoms with Crippen molar-refractivity contribution in [2.75, 3.05) is 13.6 Å². The number of halogens is 2. The van der Waals surface area contributed by atoms with E-state index < -0.39 is 11.6 Å². The molecule has 0 aliphatic heterocycles. The predicted molar refractivity (Wildman–Crippen MR) is 53.3 cm³/mol. The van der Waals surface area contributed by atoms with Crippen molar-refractivity contribution in [1.82, 2.24) is 5.32 Å². The van der Waals surface area contributed by atoms with Gasteiger partial charge in [-0.3, -0.25) is 0 Å². The van der Waals surface area contributed by atoms with Crippen LogP contribution < -0.4 is 5.32 Å². The normalized spacial score (nSPS) is 10.6. The van der Waals surface area contributed by atoms with Crippen LogP contribution in [0.15, 0.2) is 12.1 Å². The lowest BCUT2D eigenvalue weighted by atomic mass is 10.1. The van der Waals surface area contributed by atoms with Gasteiger partial charge < -0.3 is 5.32 Å². The second kappa shape index (κ2) is 5.05. The van der Waals surface area contributed by atoms with Crippen LogP contribution in [-0.2, 0) is 6.42 Å². The molecule has 0 unspecified atom stereocenters. The zero-order valence-corrected chi connectivity index (χ0v) is 8.53. The quantitative estimate of drug-likeness (QED) is 0.734. The molecule has 0 atom stereocenters. The molecule has 0 aromatic heterocycles. The Morgan fingerprint density at radius 1 is 1.21 bits per heavy atom. The Morgan fingerprint density at radius 3 is 2.57 bits per heavy atom. The van der Waals surface area contributed by atoms with Crippen LogP contribution >= 0.6 is 0 Å². The minimum absolute atomic E-state index is 0.361. The van der Waals surface area contributed by atoms with Crippen molar-refractivity contribution in [2.24, 2.45) is 0 Å². The first-order chi connectivity index (χ1) is 6.66. The van der Waals surface area contributed by atoms with Gasteiger partial charge in [0, 0.05) is 0 Å². The Bertz CT molecular complexity index is 310. The molecule has 0 amide bonds. The third-order valence-corrected chi connectivity index (χ3v) is 2.23. The third-order valence-electron chi connectivity index (χ3n) is 2.23. The van der Waals surface area contributed by atoms with E-state index in [1.165, 1.54) is 0 Å². The SMILES string of the molecule is CNCCCc1ccc(C)c(F)c1F. The van der Waals surface area contributed by atoms with Crippen molar-refractivity contribution >= 4 is 0 Å². The van der Waals surface area contributed by atoms with E-state index in [0.29, 0.717) is 17.5 Å². The van der Waals surface area contributed by atoms with Gasteiger partial charge in [-0.2, -0.15) is 0 Å². The first-order valence-electron chi connectivity index (χ1n) is 4.75. The molecule has 78 valence electrons. The largest absolute Gasteiger partial charge is 0.320 e. The molecule has 1 nitrogen and oxygen atoms in total. The Labute approximate surface area is 83.1 Å². The number of aryl methyl sites for hydroxylation is 2. The average Bonchev–Trinajstić information content (AvgIpc) is 2.18. The number of hydrogen-bond donors (Lipinski definition) is 1. The second-order valence-electron chi connectivity index (χ2n) is 3.38. The molecule has 0 radical (unpaired) electrons. The van der Waals surface area contributed by atoms with Crippen LogP contribution in [0.1, 0.15) is 17.5 Å². The van der Waals surface area contributed by atoms with Crippen molar-refractivity contribution in [3.05, 3.63) is 34.9 Å². The molecule has 1 rings (SSSR count). The molecule has 0 bridgehead atoms. The summed E-state index contributed by atoms with van der Waals surface area (Å²) in [6.45, 7) is 2.38. The molecule has 0 saturated heterocycles. The fraction of sp³-hybridized carbons (Fsp3) is 0.455. The first-order valence-corrected chi connectivity index (χ1v) is 4.75. The van der Waals surface area contributed by atoms with Crippen molar-refractivity contribution in [2.45, 2.75) is 19.8 Å². The van der Waals surface area contributed by atoms with Crippen LogP contribution in [0.4, 0.5) is 8.78 Å². The number of benzene rings is 1.